The van der Waals surface area contributed by atoms with Crippen molar-refractivity contribution in [2.75, 3.05) is 31.5 Å². The molecule has 2 atom stereocenters. The molecule has 2 aliphatic heterocycles. The van der Waals surface area contributed by atoms with Gasteiger partial charge in [0, 0.05) is 30.7 Å². The van der Waals surface area contributed by atoms with Gasteiger partial charge in [-0.05, 0) is 56.4 Å². The molecule has 3 aliphatic rings. The van der Waals surface area contributed by atoms with Gasteiger partial charge in [0.1, 0.15) is 5.69 Å². The molecule has 2 N–H and O–H groups in total. The van der Waals surface area contributed by atoms with Crippen molar-refractivity contribution >= 4 is 15.7 Å². The van der Waals surface area contributed by atoms with Crippen molar-refractivity contribution < 1.29 is 17.9 Å². The number of fused-ring (bicyclic) bond motifs is 1. The molecule has 0 amide bonds. The molecule has 1 unspecified atom stereocenters. The van der Waals surface area contributed by atoms with Crippen molar-refractivity contribution in [1.82, 2.24) is 10.3 Å². The summed E-state index contributed by atoms with van der Waals surface area (Å²) in [5.41, 5.74) is 2.22. The maximum atomic E-state index is 13.1. The Morgan fingerprint density at radius 1 is 1.30 bits per heavy atom. The van der Waals surface area contributed by atoms with Crippen molar-refractivity contribution in [2.24, 2.45) is 5.41 Å². The van der Waals surface area contributed by atoms with E-state index in [1.807, 2.05) is 12.1 Å². The number of hydrogen-bond donors (Lipinski definition) is 2. The van der Waals surface area contributed by atoms with E-state index in [0.717, 1.165) is 63.1 Å². The molecule has 1 aromatic rings. The van der Waals surface area contributed by atoms with Gasteiger partial charge in [0.2, 0.25) is 5.88 Å². The number of anilines is 1. The third-order valence-corrected chi connectivity index (χ3v) is 7.71. The van der Waals surface area contributed by atoms with Crippen LogP contribution in [-0.4, -0.2) is 46.3 Å². The van der Waals surface area contributed by atoms with Crippen molar-refractivity contribution in [3.63, 3.8) is 0 Å². The Bertz CT molecular complexity index is 951. The quantitative estimate of drug-likeness (QED) is 0.742. The van der Waals surface area contributed by atoms with E-state index in [1.54, 1.807) is 12.2 Å². The number of aromatic nitrogens is 1. The minimum absolute atomic E-state index is 0.137. The predicted molar refractivity (Wildman–Crippen MR) is 117 cm³/mol. The molecular weight excluding hydrogens is 402 g/mol. The van der Waals surface area contributed by atoms with Gasteiger partial charge in [-0.2, -0.15) is 0 Å². The van der Waals surface area contributed by atoms with Gasteiger partial charge in [-0.1, -0.05) is 19.1 Å². The average Bonchev–Trinajstić information content (AvgIpc) is 2.98. The summed E-state index contributed by atoms with van der Waals surface area (Å²) in [5, 5.41) is 3.34. The molecular formula is C22H31N3O4S. The normalized spacial score (nSPS) is 27.0. The van der Waals surface area contributed by atoms with E-state index < -0.39 is 10.0 Å². The van der Waals surface area contributed by atoms with Gasteiger partial charge in [-0.25, -0.2) is 13.4 Å². The molecule has 0 aromatic carbocycles. The van der Waals surface area contributed by atoms with E-state index >= 15 is 0 Å². The van der Waals surface area contributed by atoms with Crippen molar-refractivity contribution in [3.8, 4) is 5.88 Å². The minimum atomic E-state index is -3.74. The lowest BCUT2D eigenvalue weighted by atomic mass is 9.76. The van der Waals surface area contributed by atoms with E-state index in [4.69, 9.17) is 9.47 Å². The van der Waals surface area contributed by atoms with E-state index in [9.17, 15) is 8.42 Å². The first-order chi connectivity index (χ1) is 14.4. The van der Waals surface area contributed by atoms with Crippen LogP contribution in [0.4, 0.5) is 5.69 Å². The van der Waals surface area contributed by atoms with Crippen LogP contribution >= 0.6 is 0 Å². The first kappa shape index (κ1) is 21.3. The molecule has 30 heavy (non-hydrogen) atoms. The fourth-order valence-corrected chi connectivity index (χ4v) is 5.53. The number of nitrogens with zero attached hydrogens (tertiary/aromatic N) is 1. The van der Waals surface area contributed by atoms with Crippen LogP contribution in [-0.2, 0) is 27.6 Å². The molecule has 1 fully saturated rings. The molecule has 3 heterocycles. The number of ether oxygens (including phenoxy) is 2. The zero-order valence-corrected chi connectivity index (χ0v) is 18.6. The summed E-state index contributed by atoms with van der Waals surface area (Å²) in [6.07, 6.45) is 11.2. The SMILES string of the molecule is COc1nc2c(cc1NS(=O)(=O)C1=CCC(C)([C@H]3CCCCO3)C=C1)CCNCC2. The number of methoxy groups -OCH3 is 1. The number of pyridine rings is 1. The maximum absolute atomic E-state index is 13.1. The monoisotopic (exact) mass is 433 g/mol. The number of sulfonamides is 1. The summed E-state index contributed by atoms with van der Waals surface area (Å²) in [7, 11) is -2.23. The molecule has 0 saturated carbocycles. The van der Waals surface area contributed by atoms with Crippen molar-refractivity contribution in [3.05, 3.63) is 40.5 Å². The Hall–Kier alpha value is -1.90. The van der Waals surface area contributed by atoms with Gasteiger partial charge in [-0.3, -0.25) is 4.72 Å². The van der Waals surface area contributed by atoms with Gasteiger partial charge >= 0.3 is 0 Å². The van der Waals surface area contributed by atoms with E-state index in [2.05, 4.69) is 21.9 Å². The molecule has 0 bridgehead atoms. The Morgan fingerprint density at radius 2 is 2.13 bits per heavy atom. The lowest BCUT2D eigenvalue weighted by Crippen LogP contribution is -2.36. The molecule has 1 aromatic heterocycles. The van der Waals surface area contributed by atoms with E-state index in [1.165, 1.54) is 7.11 Å². The van der Waals surface area contributed by atoms with Gasteiger partial charge in [0.25, 0.3) is 10.0 Å². The second-order valence-electron chi connectivity index (χ2n) is 8.51. The lowest BCUT2D eigenvalue weighted by molar-refractivity contribution is -0.0424. The van der Waals surface area contributed by atoms with Gasteiger partial charge in [-0.15, -0.1) is 0 Å². The van der Waals surface area contributed by atoms with Crippen LogP contribution in [0.15, 0.2) is 29.2 Å². The molecule has 7 nitrogen and oxygen atoms in total. The second-order valence-corrected chi connectivity index (χ2v) is 10.2. The maximum Gasteiger partial charge on any atom is 0.261 e. The predicted octanol–water partition coefficient (Wildman–Crippen LogP) is 2.94. The molecule has 4 rings (SSSR count). The topological polar surface area (TPSA) is 89.5 Å². The lowest BCUT2D eigenvalue weighted by Gasteiger charge is -2.38. The molecule has 8 heteroatoms. The number of nitrogens with one attached hydrogen (secondary N) is 2. The van der Waals surface area contributed by atoms with Crippen LogP contribution in [0.2, 0.25) is 0 Å². The average molecular weight is 434 g/mol. The van der Waals surface area contributed by atoms with Crippen LogP contribution in [0.25, 0.3) is 0 Å². The third-order valence-electron chi connectivity index (χ3n) is 6.30. The van der Waals surface area contributed by atoms with Crippen LogP contribution in [0.3, 0.4) is 0 Å². The largest absolute Gasteiger partial charge is 0.479 e. The standard InChI is InChI=1S/C22H31N3O4S/c1-22(20-5-3-4-14-29-20)10-6-17(7-11-22)30(26,27)25-19-15-16-8-12-23-13-9-18(16)24-21(19)28-2/h6-7,10,15,20,23,25H,3-5,8-9,11-14H2,1-2H3/t20-,22?/m1/s1. The van der Waals surface area contributed by atoms with Gasteiger partial charge in [0.05, 0.1) is 18.1 Å². The highest BCUT2D eigenvalue weighted by Crippen LogP contribution is 2.39. The Kier molecular flexibility index (Phi) is 6.18. The van der Waals surface area contributed by atoms with E-state index in [-0.39, 0.29) is 16.4 Å². The molecule has 0 radical (unpaired) electrons. The Labute approximate surface area is 179 Å². The highest BCUT2D eigenvalue weighted by Gasteiger charge is 2.36. The van der Waals surface area contributed by atoms with Crippen LogP contribution in [0.5, 0.6) is 5.88 Å². The highest BCUT2D eigenvalue weighted by atomic mass is 32.2. The fraction of sp³-hybridized carbons (Fsp3) is 0.591. The summed E-state index contributed by atoms with van der Waals surface area (Å²) < 4.78 is 40.2. The zero-order chi connectivity index (χ0) is 21.2. The fourth-order valence-electron chi connectivity index (χ4n) is 4.42. The minimum Gasteiger partial charge on any atom is -0.479 e. The molecule has 164 valence electrons. The highest BCUT2D eigenvalue weighted by molar-refractivity contribution is 7.96. The first-order valence-corrected chi connectivity index (χ1v) is 12.2. The third kappa shape index (κ3) is 4.40. The molecule has 1 aliphatic carbocycles. The number of hydrogen-bond acceptors (Lipinski definition) is 6. The van der Waals surface area contributed by atoms with Crippen LogP contribution in [0.1, 0.15) is 43.9 Å². The smallest absolute Gasteiger partial charge is 0.261 e. The summed E-state index contributed by atoms with van der Waals surface area (Å²) in [6.45, 7) is 4.63. The summed E-state index contributed by atoms with van der Waals surface area (Å²) >= 11 is 0. The van der Waals surface area contributed by atoms with Crippen molar-refractivity contribution in [2.45, 2.75) is 51.6 Å². The second kappa shape index (κ2) is 8.69. The summed E-state index contributed by atoms with van der Waals surface area (Å²) in [5.74, 6) is 0.306. The van der Waals surface area contributed by atoms with Crippen LogP contribution in [0, 0.1) is 5.41 Å². The Morgan fingerprint density at radius 3 is 2.83 bits per heavy atom. The first-order valence-electron chi connectivity index (χ1n) is 10.7. The van der Waals surface area contributed by atoms with Crippen molar-refractivity contribution in [1.29, 1.82) is 0 Å². The summed E-state index contributed by atoms with van der Waals surface area (Å²) in [6, 6.07) is 1.86. The zero-order valence-electron chi connectivity index (χ0n) is 17.7. The molecule has 1 saturated heterocycles. The van der Waals surface area contributed by atoms with E-state index in [0.29, 0.717) is 18.0 Å². The van der Waals surface area contributed by atoms with Gasteiger partial charge in [0.15, 0.2) is 0 Å². The number of rotatable bonds is 5. The number of allylic oxidation sites excluding steroid dienone is 2. The summed E-state index contributed by atoms with van der Waals surface area (Å²) in [4.78, 5) is 4.83. The van der Waals surface area contributed by atoms with Crippen LogP contribution < -0.4 is 14.8 Å². The Balaban J connectivity index is 1.54. The molecule has 0 spiro atoms. The van der Waals surface area contributed by atoms with Gasteiger partial charge < -0.3 is 14.8 Å².